The van der Waals surface area contributed by atoms with Crippen LogP contribution in [-0.4, -0.2) is 5.71 Å². The van der Waals surface area contributed by atoms with E-state index in [0.29, 0.717) is 0 Å². The molecule has 0 spiro atoms. The predicted molar refractivity (Wildman–Crippen MR) is 61.2 cm³/mol. The molecule has 0 aliphatic heterocycles. The predicted octanol–water partition coefficient (Wildman–Crippen LogP) is 3.58. The molecular weight excluding hydrogens is 170 g/mol. The molecule has 1 heteroatoms. The summed E-state index contributed by atoms with van der Waals surface area (Å²) in [5, 5.41) is 0. The Morgan fingerprint density at radius 2 is 2.00 bits per heavy atom. The van der Waals surface area contributed by atoms with Crippen molar-refractivity contribution < 1.29 is 0 Å². The van der Waals surface area contributed by atoms with E-state index in [-0.39, 0.29) is 0 Å². The second-order valence-electron chi connectivity index (χ2n) is 3.38. The Kier molecular flexibility index (Phi) is 2.59. The Bertz CT molecular complexity index is 411. The summed E-state index contributed by atoms with van der Waals surface area (Å²) in [4.78, 5) is 4.60. The third-order valence-electron chi connectivity index (χ3n) is 2.24. The lowest BCUT2D eigenvalue weighted by molar-refractivity contribution is 1.35. The molecule has 1 aromatic carbocycles. The van der Waals surface area contributed by atoms with Gasteiger partial charge in [0.15, 0.2) is 0 Å². The van der Waals surface area contributed by atoms with Gasteiger partial charge in [-0.1, -0.05) is 36.4 Å². The molecule has 0 saturated heterocycles. The van der Waals surface area contributed by atoms with E-state index in [4.69, 9.17) is 0 Å². The maximum absolute atomic E-state index is 4.60. The van der Waals surface area contributed by atoms with Crippen LogP contribution < -0.4 is 0 Å². The second kappa shape index (κ2) is 4.05. The van der Waals surface area contributed by atoms with Gasteiger partial charge in [0.25, 0.3) is 0 Å². The van der Waals surface area contributed by atoms with E-state index >= 15 is 0 Å². The third-order valence-corrected chi connectivity index (χ3v) is 2.24. The molecule has 1 nitrogen and oxygen atoms in total. The normalized spacial score (nSPS) is 17.6. The van der Waals surface area contributed by atoms with Crippen LogP contribution in [0.2, 0.25) is 0 Å². The fourth-order valence-electron chi connectivity index (χ4n) is 1.43. The average Bonchev–Trinajstić information content (AvgIpc) is 2.23. The van der Waals surface area contributed by atoms with Gasteiger partial charge in [-0.2, -0.15) is 0 Å². The smallest absolute Gasteiger partial charge is 0.0662 e. The van der Waals surface area contributed by atoms with Crippen LogP contribution in [-0.2, 0) is 0 Å². The lowest BCUT2D eigenvalue weighted by Crippen LogP contribution is -1.93. The third kappa shape index (κ3) is 1.99. The van der Waals surface area contributed by atoms with Crippen LogP contribution >= 0.6 is 0 Å². The van der Waals surface area contributed by atoms with E-state index in [9.17, 15) is 0 Å². The molecule has 0 heterocycles. The minimum atomic E-state index is 0.935. The van der Waals surface area contributed by atoms with Crippen molar-refractivity contribution in [1.82, 2.24) is 0 Å². The number of aryl methyl sites for hydroxylation is 1. The maximum Gasteiger partial charge on any atom is 0.0662 e. The number of nitrogens with zero attached hydrogens (tertiary/aromatic N) is 1. The van der Waals surface area contributed by atoms with Gasteiger partial charge in [0.05, 0.1) is 5.69 Å². The van der Waals surface area contributed by atoms with Crippen LogP contribution in [0.4, 0.5) is 5.69 Å². The quantitative estimate of drug-likeness (QED) is 0.631. The van der Waals surface area contributed by atoms with Crippen molar-refractivity contribution in [1.29, 1.82) is 0 Å². The minimum absolute atomic E-state index is 0.935. The number of hydrogen-bond donors (Lipinski definition) is 0. The van der Waals surface area contributed by atoms with Crippen molar-refractivity contribution in [3.63, 3.8) is 0 Å². The summed E-state index contributed by atoms with van der Waals surface area (Å²) < 4.78 is 0. The van der Waals surface area contributed by atoms with E-state index < -0.39 is 0 Å². The van der Waals surface area contributed by atoms with Gasteiger partial charge in [-0.05, 0) is 24.6 Å². The van der Waals surface area contributed by atoms with Gasteiger partial charge in [-0.3, -0.25) is 4.99 Å². The van der Waals surface area contributed by atoms with Crippen LogP contribution in [0.25, 0.3) is 0 Å². The average molecular weight is 183 g/mol. The molecule has 1 aromatic rings. The first kappa shape index (κ1) is 8.95. The van der Waals surface area contributed by atoms with Crippen LogP contribution in [0.15, 0.2) is 53.6 Å². The first-order chi connectivity index (χ1) is 6.86. The largest absolute Gasteiger partial charge is 0.253 e. The van der Waals surface area contributed by atoms with Crippen LogP contribution in [0, 0.1) is 6.92 Å². The topological polar surface area (TPSA) is 12.4 Å². The maximum atomic E-state index is 4.60. The van der Waals surface area contributed by atoms with Gasteiger partial charge in [0, 0.05) is 12.1 Å². The highest BCUT2D eigenvalue weighted by molar-refractivity contribution is 5.98. The number of benzene rings is 1. The fourth-order valence-corrected chi connectivity index (χ4v) is 1.43. The molecule has 1 aliphatic rings. The summed E-state index contributed by atoms with van der Waals surface area (Å²) in [5.74, 6) is 0. The zero-order valence-electron chi connectivity index (χ0n) is 8.27. The number of hydrogen-bond acceptors (Lipinski definition) is 1. The number of aliphatic imine (C=N–C) groups is 1. The van der Waals surface area contributed by atoms with Crippen LogP contribution in [0.5, 0.6) is 0 Å². The molecule has 0 N–H and O–H groups in total. The molecule has 0 radical (unpaired) electrons. The summed E-state index contributed by atoms with van der Waals surface area (Å²) in [6.07, 6.45) is 9.20. The van der Waals surface area contributed by atoms with E-state index in [2.05, 4.69) is 42.3 Å². The van der Waals surface area contributed by atoms with Crippen molar-refractivity contribution >= 4 is 11.4 Å². The summed E-state index contributed by atoms with van der Waals surface area (Å²) in [6.45, 7) is 2.09. The molecule has 70 valence electrons. The molecule has 0 unspecified atom stereocenters. The highest BCUT2D eigenvalue weighted by Gasteiger charge is 1.98. The first-order valence-corrected chi connectivity index (χ1v) is 4.83. The summed E-state index contributed by atoms with van der Waals surface area (Å²) in [7, 11) is 0. The summed E-state index contributed by atoms with van der Waals surface area (Å²) in [6, 6.07) is 8.20. The monoisotopic (exact) mass is 183 g/mol. The Morgan fingerprint density at radius 1 is 1.14 bits per heavy atom. The van der Waals surface area contributed by atoms with Crippen molar-refractivity contribution in [2.24, 2.45) is 4.99 Å². The van der Waals surface area contributed by atoms with Crippen LogP contribution in [0.3, 0.4) is 0 Å². The standard InChI is InChI=1S/C13H13N/c1-11-7-5-6-10-13(11)14-12-8-3-2-4-9-12/h2-8,10H,9H2,1H3. The molecule has 0 amide bonds. The zero-order chi connectivity index (χ0) is 9.80. The van der Waals surface area contributed by atoms with E-state index in [1.54, 1.807) is 0 Å². The van der Waals surface area contributed by atoms with Gasteiger partial charge < -0.3 is 0 Å². The van der Waals surface area contributed by atoms with Crippen molar-refractivity contribution in [2.75, 3.05) is 0 Å². The molecule has 0 fully saturated rings. The molecule has 14 heavy (non-hydrogen) atoms. The Morgan fingerprint density at radius 3 is 2.71 bits per heavy atom. The Balaban J connectivity index is 2.29. The molecule has 0 aromatic heterocycles. The highest BCUT2D eigenvalue weighted by atomic mass is 14.7. The van der Waals surface area contributed by atoms with Gasteiger partial charge in [-0.15, -0.1) is 0 Å². The summed E-state index contributed by atoms with van der Waals surface area (Å²) >= 11 is 0. The Labute approximate surface area is 84.5 Å². The molecule has 2 rings (SSSR count). The number of rotatable bonds is 1. The molecule has 0 bridgehead atoms. The first-order valence-electron chi connectivity index (χ1n) is 4.83. The lowest BCUT2D eigenvalue weighted by Gasteiger charge is -2.03. The Hall–Kier alpha value is -1.63. The SMILES string of the molecule is Cc1ccccc1N=C1C=CC=CC1. The fraction of sp³-hybridized carbons (Fsp3) is 0.154. The molecule has 0 atom stereocenters. The minimum Gasteiger partial charge on any atom is -0.253 e. The van der Waals surface area contributed by atoms with Gasteiger partial charge in [0.1, 0.15) is 0 Å². The molecular formula is C13H13N. The summed E-state index contributed by atoms with van der Waals surface area (Å²) in [5.41, 5.74) is 3.42. The van der Waals surface area contributed by atoms with Crippen molar-refractivity contribution in [3.8, 4) is 0 Å². The number of para-hydroxylation sites is 1. The van der Waals surface area contributed by atoms with Crippen molar-refractivity contribution in [2.45, 2.75) is 13.3 Å². The number of allylic oxidation sites excluding steroid dienone is 4. The molecule has 0 saturated carbocycles. The lowest BCUT2D eigenvalue weighted by atomic mass is 10.1. The van der Waals surface area contributed by atoms with Crippen molar-refractivity contribution in [3.05, 3.63) is 54.1 Å². The van der Waals surface area contributed by atoms with E-state index in [1.807, 2.05) is 18.2 Å². The van der Waals surface area contributed by atoms with Gasteiger partial charge >= 0.3 is 0 Å². The molecule has 1 aliphatic carbocycles. The second-order valence-corrected chi connectivity index (χ2v) is 3.38. The van der Waals surface area contributed by atoms with E-state index in [0.717, 1.165) is 17.8 Å². The highest BCUT2D eigenvalue weighted by Crippen LogP contribution is 2.18. The van der Waals surface area contributed by atoms with Gasteiger partial charge in [-0.25, -0.2) is 0 Å². The van der Waals surface area contributed by atoms with Crippen LogP contribution in [0.1, 0.15) is 12.0 Å². The van der Waals surface area contributed by atoms with E-state index in [1.165, 1.54) is 5.56 Å². The van der Waals surface area contributed by atoms with Gasteiger partial charge in [0.2, 0.25) is 0 Å². The zero-order valence-corrected chi connectivity index (χ0v) is 8.27.